The Balaban J connectivity index is 2.51. The van der Waals surface area contributed by atoms with Crippen molar-refractivity contribution in [1.82, 2.24) is 4.90 Å². The van der Waals surface area contributed by atoms with Crippen LogP contribution in [-0.4, -0.2) is 48.0 Å². The first-order valence-corrected chi connectivity index (χ1v) is 5.69. The second-order valence-electron chi connectivity index (χ2n) is 3.25. The van der Waals surface area contributed by atoms with Gasteiger partial charge < -0.3 is 9.64 Å². The molecule has 0 aromatic carbocycles. The Morgan fingerprint density at radius 3 is 2.79 bits per heavy atom. The largest absolute Gasteiger partial charge is 0.462 e. The number of amides is 1. The highest BCUT2D eigenvalue weighted by molar-refractivity contribution is 7.99. The van der Waals surface area contributed by atoms with Crippen LogP contribution < -0.4 is 0 Å². The normalized spacial score (nSPS) is 22.7. The summed E-state index contributed by atoms with van der Waals surface area (Å²) in [5.74, 6) is -0.379. The smallest absolute Gasteiger partial charge is 0.396 e. The molecule has 0 saturated carbocycles. The molecule has 5 heteroatoms. The van der Waals surface area contributed by atoms with E-state index in [2.05, 4.69) is 11.7 Å². The van der Waals surface area contributed by atoms with Crippen LogP contribution in [0.15, 0.2) is 0 Å². The first kappa shape index (κ1) is 11.4. The zero-order chi connectivity index (χ0) is 10.6. The third kappa shape index (κ3) is 2.90. The highest BCUT2D eigenvalue weighted by atomic mass is 32.2. The van der Waals surface area contributed by atoms with Gasteiger partial charge >= 0.3 is 11.9 Å². The molecule has 1 unspecified atom stereocenters. The third-order valence-corrected chi connectivity index (χ3v) is 3.44. The average Bonchev–Trinajstić information content (AvgIpc) is 2.40. The Labute approximate surface area is 88.0 Å². The number of hydrogen-bond donors (Lipinski definition) is 0. The van der Waals surface area contributed by atoms with Crippen molar-refractivity contribution in [3.8, 4) is 0 Å². The lowest BCUT2D eigenvalue weighted by molar-refractivity contribution is -0.158. The van der Waals surface area contributed by atoms with Crippen molar-refractivity contribution in [1.29, 1.82) is 0 Å². The predicted octanol–water partition coefficient (Wildman–Crippen LogP) is 0.513. The molecule has 0 bridgehead atoms. The summed E-state index contributed by atoms with van der Waals surface area (Å²) in [7, 11) is 1.23. The second-order valence-corrected chi connectivity index (χ2v) is 4.80. The summed E-state index contributed by atoms with van der Waals surface area (Å²) >= 11 is 1.83. The van der Waals surface area contributed by atoms with Crippen LogP contribution >= 0.6 is 11.8 Å². The molecular formula is C9H15NO3S. The minimum Gasteiger partial charge on any atom is -0.462 e. The zero-order valence-electron chi connectivity index (χ0n) is 8.49. The molecule has 0 N–H and O–H groups in total. The monoisotopic (exact) mass is 217 g/mol. The van der Waals surface area contributed by atoms with Crippen LogP contribution in [0.4, 0.5) is 0 Å². The maximum absolute atomic E-state index is 11.4. The van der Waals surface area contributed by atoms with Gasteiger partial charge in [-0.05, 0) is 6.42 Å². The maximum Gasteiger partial charge on any atom is 0.396 e. The molecule has 14 heavy (non-hydrogen) atoms. The van der Waals surface area contributed by atoms with E-state index in [0.717, 1.165) is 12.2 Å². The molecule has 0 aromatic heterocycles. The molecule has 1 heterocycles. The minimum absolute atomic E-state index is 0.512. The van der Waals surface area contributed by atoms with Gasteiger partial charge in [0, 0.05) is 24.1 Å². The van der Waals surface area contributed by atoms with Crippen molar-refractivity contribution < 1.29 is 14.3 Å². The summed E-state index contributed by atoms with van der Waals surface area (Å²) < 4.78 is 4.40. The van der Waals surface area contributed by atoms with Crippen molar-refractivity contribution in [3.63, 3.8) is 0 Å². The standard InChI is InChI=1S/C9H15NO3S/c1-7-3-4-10(5-6-14-7)8(11)9(12)13-2/h7H,3-6H2,1-2H3. The molecule has 80 valence electrons. The number of hydrogen-bond acceptors (Lipinski definition) is 4. The molecule has 1 aliphatic rings. The van der Waals surface area contributed by atoms with Gasteiger partial charge in [0.2, 0.25) is 0 Å². The highest BCUT2D eigenvalue weighted by Crippen LogP contribution is 2.18. The van der Waals surface area contributed by atoms with Gasteiger partial charge in [-0.3, -0.25) is 4.79 Å². The highest BCUT2D eigenvalue weighted by Gasteiger charge is 2.24. The van der Waals surface area contributed by atoms with Gasteiger partial charge in [0.25, 0.3) is 0 Å². The minimum atomic E-state index is -0.760. The van der Waals surface area contributed by atoms with Crippen LogP contribution in [0.25, 0.3) is 0 Å². The Morgan fingerprint density at radius 2 is 2.14 bits per heavy atom. The molecule has 0 aliphatic carbocycles. The van der Waals surface area contributed by atoms with Gasteiger partial charge in [-0.1, -0.05) is 6.92 Å². The van der Waals surface area contributed by atoms with Crippen LogP contribution in [0.3, 0.4) is 0 Å². The second kappa shape index (κ2) is 5.24. The SMILES string of the molecule is COC(=O)C(=O)N1CCSC(C)CC1. The van der Waals surface area contributed by atoms with Crippen molar-refractivity contribution in [2.75, 3.05) is 26.0 Å². The molecule has 1 atom stereocenters. The molecule has 4 nitrogen and oxygen atoms in total. The fourth-order valence-electron chi connectivity index (χ4n) is 1.32. The van der Waals surface area contributed by atoms with Gasteiger partial charge in [0.05, 0.1) is 7.11 Å². The number of ether oxygens (including phenoxy) is 1. The molecule has 1 saturated heterocycles. The molecule has 0 radical (unpaired) electrons. The van der Waals surface area contributed by atoms with Crippen LogP contribution in [0, 0.1) is 0 Å². The molecule has 1 fully saturated rings. The zero-order valence-corrected chi connectivity index (χ0v) is 9.30. The van der Waals surface area contributed by atoms with E-state index in [9.17, 15) is 9.59 Å². The Bertz CT molecular complexity index is 232. The van der Waals surface area contributed by atoms with Gasteiger partial charge in [-0.2, -0.15) is 11.8 Å². The van der Waals surface area contributed by atoms with E-state index in [1.807, 2.05) is 11.8 Å². The van der Waals surface area contributed by atoms with Crippen LogP contribution in [0.1, 0.15) is 13.3 Å². The summed E-state index contributed by atoms with van der Waals surface area (Å²) in [6, 6.07) is 0. The van der Waals surface area contributed by atoms with Gasteiger partial charge in [-0.15, -0.1) is 0 Å². The van der Waals surface area contributed by atoms with Crippen molar-refractivity contribution in [3.05, 3.63) is 0 Å². The number of methoxy groups -OCH3 is 1. The van der Waals surface area contributed by atoms with E-state index in [0.29, 0.717) is 18.3 Å². The maximum atomic E-state index is 11.4. The predicted molar refractivity (Wildman–Crippen MR) is 55.1 cm³/mol. The van der Waals surface area contributed by atoms with E-state index < -0.39 is 11.9 Å². The number of nitrogens with zero attached hydrogens (tertiary/aromatic N) is 1. The van der Waals surface area contributed by atoms with E-state index in [1.165, 1.54) is 7.11 Å². The fourth-order valence-corrected chi connectivity index (χ4v) is 2.32. The van der Waals surface area contributed by atoms with Gasteiger partial charge in [0.1, 0.15) is 0 Å². The molecule has 1 aliphatic heterocycles. The average molecular weight is 217 g/mol. The molecule has 1 amide bonds. The number of thioether (sulfide) groups is 1. The molecular weight excluding hydrogens is 202 g/mol. The quantitative estimate of drug-likeness (QED) is 0.438. The third-order valence-electron chi connectivity index (χ3n) is 2.22. The van der Waals surface area contributed by atoms with Crippen LogP contribution in [0.2, 0.25) is 0 Å². The molecule has 0 spiro atoms. The first-order valence-electron chi connectivity index (χ1n) is 4.64. The number of rotatable bonds is 0. The van der Waals surface area contributed by atoms with Crippen LogP contribution in [-0.2, 0) is 14.3 Å². The number of carbonyl (C=O) groups excluding carboxylic acids is 2. The summed E-state index contributed by atoms with van der Waals surface area (Å²) in [6.45, 7) is 3.43. The Kier molecular flexibility index (Phi) is 4.25. The first-order chi connectivity index (χ1) is 6.65. The lowest BCUT2D eigenvalue weighted by Gasteiger charge is -2.17. The van der Waals surface area contributed by atoms with E-state index >= 15 is 0 Å². The molecule has 1 rings (SSSR count). The molecule has 0 aromatic rings. The van der Waals surface area contributed by atoms with E-state index in [-0.39, 0.29) is 0 Å². The fraction of sp³-hybridized carbons (Fsp3) is 0.778. The van der Waals surface area contributed by atoms with Crippen molar-refractivity contribution in [2.24, 2.45) is 0 Å². The van der Waals surface area contributed by atoms with Crippen molar-refractivity contribution in [2.45, 2.75) is 18.6 Å². The summed E-state index contributed by atoms with van der Waals surface area (Å²) in [4.78, 5) is 24.0. The number of carbonyl (C=O) groups is 2. The topological polar surface area (TPSA) is 46.6 Å². The lowest BCUT2D eigenvalue weighted by atomic mass is 10.3. The van der Waals surface area contributed by atoms with Crippen LogP contribution in [0.5, 0.6) is 0 Å². The van der Waals surface area contributed by atoms with Crippen molar-refractivity contribution >= 4 is 23.6 Å². The summed E-state index contributed by atoms with van der Waals surface area (Å²) in [5.41, 5.74) is 0. The van der Waals surface area contributed by atoms with E-state index in [1.54, 1.807) is 4.90 Å². The Morgan fingerprint density at radius 1 is 1.43 bits per heavy atom. The lowest BCUT2D eigenvalue weighted by Crippen LogP contribution is -2.38. The Hall–Kier alpha value is -0.710. The number of esters is 1. The summed E-state index contributed by atoms with van der Waals surface area (Å²) in [6.07, 6.45) is 0.938. The van der Waals surface area contributed by atoms with E-state index in [4.69, 9.17) is 0 Å². The van der Waals surface area contributed by atoms with Gasteiger partial charge in [0.15, 0.2) is 0 Å². The summed E-state index contributed by atoms with van der Waals surface area (Å²) in [5, 5.41) is 0.561. The van der Waals surface area contributed by atoms with Gasteiger partial charge in [-0.25, -0.2) is 4.79 Å².